The normalized spacial score (nSPS) is 16.2. The van der Waals surface area contributed by atoms with E-state index < -0.39 is 11.7 Å². The smallest absolute Gasteiger partial charge is 0.365 e. The van der Waals surface area contributed by atoms with Crippen molar-refractivity contribution < 1.29 is 13.2 Å². The largest absolute Gasteiger partial charge is 0.416 e. The Hall–Kier alpha value is -4.33. The van der Waals surface area contributed by atoms with Crippen LogP contribution in [-0.2, 0) is 6.18 Å². The Balaban J connectivity index is 1.45. The van der Waals surface area contributed by atoms with E-state index in [9.17, 15) is 13.2 Å². The van der Waals surface area contributed by atoms with E-state index >= 15 is 0 Å². The number of aryl methyl sites for hydroxylation is 1. The molecule has 0 spiro atoms. The molecule has 3 aromatic carbocycles. The first-order chi connectivity index (χ1) is 18.8. The quantitative estimate of drug-likeness (QED) is 0.249. The zero-order valence-corrected chi connectivity index (χ0v) is 21.7. The maximum atomic E-state index is 13.5. The fourth-order valence-electron chi connectivity index (χ4n) is 5.49. The monoisotopic (exact) mass is 527 g/mol. The van der Waals surface area contributed by atoms with Crippen LogP contribution in [0.25, 0.3) is 27.8 Å². The second-order valence-corrected chi connectivity index (χ2v) is 10.1. The second-order valence-electron chi connectivity index (χ2n) is 10.1. The molecule has 0 amide bonds. The molecule has 5 nitrogen and oxygen atoms in total. The van der Waals surface area contributed by atoms with Gasteiger partial charge < -0.3 is 14.4 Å². The molecule has 0 saturated carbocycles. The molecule has 5 aromatic rings. The Morgan fingerprint density at radius 3 is 2.36 bits per heavy atom. The number of benzene rings is 3. The van der Waals surface area contributed by atoms with Crippen molar-refractivity contribution in [1.82, 2.24) is 14.5 Å². The molecule has 1 saturated heterocycles. The van der Waals surface area contributed by atoms with Gasteiger partial charge in [0.15, 0.2) is 5.65 Å². The average Bonchev–Trinajstić information content (AvgIpc) is 3.33. The number of hydrogen-bond acceptors (Lipinski definition) is 4. The van der Waals surface area contributed by atoms with Gasteiger partial charge in [0.25, 0.3) is 0 Å². The molecule has 0 aliphatic carbocycles. The third kappa shape index (κ3) is 4.71. The molecule has 0 bridgehead atoms. The van der Waals surface area contributed by atoms with E-state index in [1.165, 1.54) is 29.7 Å². The van der Waals surface area contributed by atoms with Gasteiger partial charge in [-0.25, -0.2) is 9.97 Å². The van der Waals surface area contributed by atoms with Gasteiger partial charge >= 0.3 is 6.18 Å². The summed E-state index contributed by atoms with van der Waals surface area (Å²) < 4.78 is 42.4. The van der Waals surface area contributed by atoms with E-state index in [1.54, 1.807) is 10.6 Å². The van der Waals surface area contributed by atoms with Crippen molar-refractivity contribution in [3.8, 4) is 16.8 Å². The summed E-state index contributed by atoms with van der Waals surface area (Å²) in [5, 5.41) is 0.831. The van der Waals surface area contributed by atoms with Crippen LogP contribution in [0.5, 0.6) is 0 Å². The first kappa shape index (κ1) is 25.0. The fraction of sp³-hybridized carbons (Fsp3) is 0.226. The molecule has 0 radical (unpaired) electrons. The minimum atomic E-state index is -4.44. The summed E-state index contributed by atoms with van der Waals surface area (Å²) in [7, 11) is 0. The third-order valence-corrected chi connectivity index (χ3v) is 7.36. The van der Waals surface area contributed by atoms with Crippen LogP contribution in [0.4, 0.5) is 24.7 Å². The maximum Gasteiger partial charge on any atom is 0.416 e. The van der Waals surface area contributed by atoms with Gasteiger partial charge in [0.05, 0.1) is 10.9 Å². The van der Waals surface area contributed by atoms with E-state index in [4.69, 9.17) is 4.98 Å². The Morgan fingerprint density at radius 2 is 1.62 bits per heavy atom. The van der Waals surface area contributed by atoms with Crippen LogP contribution in [0, 0.1) is 6.92 Å². The number of fused-ring (bicyclic) bond motifs is 1. The topological polar surface area (TPSA) is 37.2 Å². The molecule has 8 heteroatoms. The van der Waals surface area contributed by atoms with Crippen LogP contribution >= 0.6 is 0 Å². The van der Waals surface area contributed by atoms with Crippen LogP contribution in [0.1, 0.15) is 18.1 Å². The molecule has 0 N–H and O–H groups in total. The minimum absolute atomic E-state index is 0.233. The first-order valence-corrected chi connectivity index (χ1v) is 13.0. The lowest BCUT2D eigenvalue weighted by Gasteiger charge is -2.42. The highest BCUT2D eigenvalue weighted by Gasteiger charge is 2.31. The van der Waals surface area contributed by atoms with Gasteiger partial charge in [-0.2, -0.15) is 13.2 Å². The lowest BCUT2D eigenvalue weighted by atomic mass is 10.1. The van der Waals surface area contributed by atoms with Gasteiger partial charge in [-0.1, -0.05) is 48.5 Å². The zero-order chi connectivity index (χ0) is 27.1. The van der Waals surface area contributed by atoms with E-state index in [1.807, 2.05) is 36.5 Å². The summed E-state index contributed by atoms with van der Waals surface area (Å²) in [6.45, 7) is 6.64. The maximum absolute atomic E-state index is 13.5. The highest BCUT2D eigenvalue weighted by Crippen LogP contribution is 2.38. The molecule has 1 aliphatic heterocycles. The molecule has 198 valence electrons. The number of aromatic nitrogens is 3. The number of halogens is 3. The predicted octanol–water partition coefficient (Wildman–Crippen LogP) is 7.13. The van der Waals surface area contributed by atoms with E-state index in [0.29, 0.717) is 11.3 Å². The molecule has 6 rings (SSSR count). The van der Waals surface area contributed by atoms with Crippen LogP contribution in [0.2, 0.25) is 0 Å². The Morgan fingerprint density at radius 1 is 0.846 bits per heavy atom. The second kappa shape index (κ2) is 9.76. The van der Waals surface area contributed by atoms with Gasteiger partial charge in [-0.3, -0.25) is 0 Å². The van der Waals surface area contributed by atoms with Crippen LogP contribution in [0.15, 0.2) is 91.4 Å². The SMILES string of the molecule is Cc1cccc(N2CCN(c3ncnc4c3c(-c3ccccc3)cn4-c3cccc(C(F)(F)F)c3)CC2C)c1. The molecule has 1 fully saturated rings. The van der Waals surface area contributed by atoms with Crippen LogP contribution < -0.4 is 9.80 Å². The van der Waals surface area contributed by atoms with E-state index in [0.717, 1.165) is 48.0 Å². The summed E-state index contributed by atoms with van der Waals surface area (Å²) in [5.74, 6) is 0.792. The molecule has 3 heterocycles. The highest BCUT2D eigenvalue weighted by molar-refractivity contribution is 6.02. The molecular formula is C31H28F3N5. The molecule has 1 unspecified atom stereocenters. The van der Waals surface area contributed by atoms with Crippen molar-refractivity contribution >= 4 is 22.5 Å². The first-order valence-electron chi connectivity index (χ1n) is 13.0. The van der Waals surface area contributed by atoms with Gasteiger partial charge in [-0.15, -0.1) is 0 Å². The molecule has 1 aliphatic rings. The number of anilines is 2. The number of nitrogens with zero attached hydrogens (tertiary/aromatic N) is 5. The lowest BCUT2D eigenvalue weighted by Crippen LogP contribution is -2.52. The minimum Gasteiger partial charge on any atom is -0.365 e. The standard InChI is InChI=1S/C31H28F3N5/c1-21-8-6-12-25(16-21)38-15-14-37(18-22(38)2)29-28-27(23-9-4-3-5-10-23)19-39(30(28)36-20-35-29)26-13-7-11-24(17-26)31(32,33)34/h3-13,16-17,19-20,22H,14-15,18H2,1-2H3. The Kier molecular flexibility index (Phi) is 6.25. The van der Waals surface area contributed by atoms with E-state index in [-0.39, 0.29) is 6.04 Å². The number of rotatable bonds is 4. The van der Waals surface area contributed by atoms with Crippen molar-refractivity contribution in [3.05, 3.63) is 103 Å². The van der Waals surface area contributed by atoms with Gasteiger partial charge in [0.1, 0.15) is 12.1 Å². The van der Waals surface area contributed by atoms with Gasteiger partial charge in [-0.05, 0) is 55.3 Å². The number of hydrogen-bond donors (Lipinski definition) is 0. The lowest BCUT2D eigenvalue weighted by molar-refractivity contribution is -0.137. The zero-order valence-electron chi connectivity index (χ0n) is 21.7. The highest BCUT2D eigenvalue weighted by atomic mass is 19.4. The summed E-state index contributed by atoms with van der Waals surface area (Å²) >= 11 is 0. The van der Waals surface area contributed by atoms with Crippen LogP contribution in [-0.4, -0.2) is 40.2 Å². The van der Waals surface area contributed by atoms with E-state index in [2.05, 4.69) is 52.9 Å². The summed E-state index contributed by atoms with van der Waals surface area (Å²) in [4.78, 5) is 14.0. The molecule has 1 atom stereocenters. The number of alkyl halides is 3. The van der Waals surface area contributed by atoms with Crippen molar-refractivity contribution in [1.29, 1.82) is 0 Å². The van der Waals surface area contributed by atoms with Crippen molar-refractivity contribution in [2.75, 3.05) is 29.4 Å². The van der Waals surface area contributed by atoms with Gasteiger partial charge in [0.2, 0.25) is 0 Å². The summed E-state index contributed by atoms with van der Waals surface area (Å²) in [5.41, 5.74) is 4.55. The number of piperazine rings is 1. The molecular weight excluding hydrogens is 499 g/mol. The predicted molar refractivity (Wildman–Crippen MR) is 150 cm³/mol. The Bertz CT molecular complexity index is 1630. The molecule has 2 aromatic heterocycles. The Labute approximate surface area is 225 Å². The van der Waals surface area contributed by atoms with Crippen molar-refractivity contribution in [3.63, 3.8) is 0 Å². The average molecular weight is 528 g/mol. The fourth-order valence-corrected chi connectivity index (χ4v) is 5.49. The van der Waals surface area contributed by atoms with Crippen LogP contribution in [0.3, 0.4) is 0 Å². The third-order valence-electron chi connectivity index (χ3n) is 7.36. The van der Waals surface area contributed by atoms with Crippen molar-refractivity contribution in [2.45, 2.75) is 26.1 Å². The van der Waals surface area contributed by atoms with Gasteiger partial charge in [0, 0.05) is 48.8 Å². The molecule has 39 heavy (non-hydrogen) atoms. The summed E-state index contributed by atoms with van der Waals surface area (Å²) in [6.07, 6.45) is -1.05. The van der Waals surface area contributed by atoms with Crippen molar-refractivity contribution in [2.24, 2.45) is 0 Å². The summed E-state index contributed by atoms with van der Waals surface area (Å²) in [6, 6.07) is 24.0.